The fraction of sp³-hybridized carbons (Fsp3) is 0.455. The third-order valence-corrected chi connectivity index (χ3v) is 1.96. The van der Waals surface area contributed by atoms with Crippen molar-refractivity contribution in [1.29, 1.82) is 0 Å². The minimum atomic E-state index is -0.110. The molecule has 0 aliphatic rings. The van der Waals surface area contributed by atoms with Gasteiger partial charge < -0.3 is 15.5 Å². The van der Waals surface area contributed by atoms with Crippen molar-refractivity contribution in [2.24, 2.45) is 0 Å². The maximum atomic E-state index is 10.8. The summed E-state index contributed by atoms with van der Waals surface area (Å²) in [4.78, 5) is 17.0. The second-order valence-corrected chi connectivity index (χ2v) is 3.84. The molecule has 1 aromatic heterocycles. The third kappa shape index (κ3) is 4.75. The molecule has 0 aromatic carbocycles. The highest BCUT2D eigenvalue weighted by Gasteiger charge is 1.97. The Bertz CT molecular complexity index is 334. The van der Waals surface area contributed by atoms with Crippen LogP contribution < -0.4 is 10.6 Å². The lowest BCUT2D eigenvalue weighted by atomic mass is 10.4. The summed E-state index contributed by atoms with van der Waals surface area (Å²) in [5.41, 5.74) is 0.955. The molecule has 1 aromatic rings. The van der Waals surface area contributed by atoms with Crippen LogP contribution in [0.1, 0.15) is 6.92 Å². The number of aromatic nitrogens is 1. The molecule has 0 radical (unpaired) electrons. The topological polar surface area (TPSA) is 57.3 Å². The Balaban J connectivity index is 2.42. The summed E-state index contributed by atoms with van der Waals surface area (Å²) < 4.78 is 0. The Morgan fingerprint density at radius 1 is 1.44 bits per heavy atom. The van der Waals surface area contributed by atoms with Crippen LogP contribution in [0.4, 0.5) is 11.5 Å². The molecule has 0 fully saturated rings. The van der Waals surface area contributed by atoms with Crippen LogP contribution in [0.25, 0.3) is 0 Å². The van der Waals surface area contributed by atoms with Gasteiger partial charge in [-0.15, -0.1) is 0 Å². The molecular weight excluding hydrogens is 204 g/mol. The second kappa shape index (κ2) is 6.07. The quantitative estimate of drug-likeness (QED) is 0.780. The van der Waals surface area contributed by atoms with Gasteiger partial charge in [0.1, 0.15) is 5.82 Å². The summed E-state index contributed by atoms with van der Waals surface area (Å²) in [6.07, 6.45) is 1.71. The minimum absolute atomic E-state index is 0.110. The van der Waals surface area contributed by atoms with Crippen LogP contribution in [-0.2, 0) is 4.79 Å². The van der Waals surface area contributed by atoms with Gasteiger partial charge in [0.2, 0.25) is 5.91 Å². The first kappa shape index (κ1) is 12.4. The lowest BCUT2D eigenvalue weighted by Gasteiger charge is -2.11. The van der Waals surface area contributed by atoms with Crippen LogP contribution in [-0.4, -0.2) is 43.0 Å². The Labute approximate surface area is 95.9 Å². The third-order valence-electron chi connectivity index (χ3n) is 1.96. The number of pyridine rings is 1. The van der Waals surface area contributed by atoms with E-state index in [1.807, 2.05) is 20.2 Å². The number of nitrogens with one attached hydrogen (secondary N) is 2. The highest BCUT2D eigenvalue weighted by Crippen LogP contribution is 2.08. The number of carbonyl (C=O) groups is 1. The van der Waals surface area contributed by atoms with Gasteiger partial charge in [0.25, 0.3) is 0 Å². The molecule has 0 spiro atoms. The zero-order valence-corrected chi connectivity index (χ0v) is 9.95. The monoisotopic (exact) mass is 222 g/mol. The van der Waals surface area contributed by atoms with Crippen molar-refractivity contribution in [2.75, 3.05) is 37.8 Å². The Morgan fingerprint density at radius 3 is 2.69 bits per heavy atom. The molecule has 2 N–H and O–H groups in total. The smallest absolute Gasteiger partial charge is 0.222 e. The van der Waals surface area contributed by atoms with Gasteiger partial charge in [0.15, 0.2) is 0 Å². The van der Waals surface area contributed by atoms with E-state index in [2.05, 4.69) is 20.5 Å². The summed E-state index contributed by atoms with van der Waals surface area (Å²) in [6, 6.07) is 3.67. The van der Waals surface area contributed by atoms with Gasteiger partial charge in [-0.2, -0.15) is 0 Å². The minimum Gasteiger partial charge on any atom is -0.383 e. The van der Waals surface area contributed by atoms with Crippen LogP contribution in [0.5, 0.6) is 0 Å². The molecule has 1 rings (SSSR count). The van der Waals surface area contributed by atoms with E-state index in [1.54, 1.807) is 12.3 Å². The molecule has 0 aliphatic carbocycles. The molecule has 0 saturated carbocycles. The highest BCUT2D eigenvalue weighted by molar-refractivity contribution is 5.87. The Kier molecular flexibility index (Phi) is 4.72. The van der Waals surface area contributed by atoms with E-state index in [0.29, 0.717) is 5.82 Å². The fourth-order valence-corrected chi connectivity index (χ4v) is 1.18. The van der Waals surface area contributed by atoms with Crippen molar-refractivity contribution >= 4 is 17.4 Å². The SMILES string of the molecule is CC(=O)Nc1ccc(NCCN(C)C)cn1. The molecule has 5 nitrogen and oxygen atoms in total. The molecule has 1 amide bonds. The number of amides is 1. The van der Waals surface area contributed by atoms with Crippen LogP contribution in [0.15, 0.2) is 18.3 Å². The van der Waals surface area contributed by atoms with Gasteiger partial charge in [0, 0.05) is 20.0 Å². The standard InChI is InChI=1S/C11H18N4O/c1-9(16)14-11-5-4-10(8-13-11)12-6-7-15(2)3/h4-5,8,12H,6-7H2,1-3H3,(H,13,14,16). The van der Waals surface area contributed by atoms with Crippen LogP contribution in [0.3, 0.4) is 0 Å². The second-order valence-electron chi connectivity index (χ2n) is 3.84. The maximum Gasteiger partial charge on any atom is 0.222 e. The van der Waals surface area contributed by atoms with Gasteiger partial charge >= 0.3 is 0 Å². The van der Waals surface area contributed by atoms with E-state index in [4.69, 9.17) is 0 Å². The van der Waals surface area contributed by atoms with Crippen molar-refractivity contribution in [2.45, 2.75) is 6.92 Å². The van der Waals surface area contributed by atoms with E-state index in [1.165, 1.54) is 6.92 Å². The van der Waals surface area contributed by atoms with Crippen molar-refractivity contribution in [1.82, 2.24) is 9.88 Å². The molecule has 0 saturated heterocycles. The van der Waals surface area contributed by atoms with E-state index >= 15 is 0 Å². The van der Waals surface area contributed by atoms with Crippen LogP contribution in [0, 0.1) is 0 Å². The number of anilines is 2. The average molecular weight is 222 g/mol. The van der Waals surface area contributed by atoms with Gasteiger partial charge in [0.05, 0.1) is 11.9 Å². The number of hydrogen-bond acceptors (Lipinski definition) is 4. The number of nitrogens with zero attached hydrogens (tertiary/aromatic N) is 2. The normalized spacial score (nSPS) is 10.2. The molecule has 0 aliphatic heterocycles. The average Bonchev–Trinajstić information content (AvgIpc) is 2.19. The van der Waals surface area contributed by atoms with E-state index in [9.17, 15) is 4.79 Å². The van der Waals surface area contributed by atoms with Gasteiger partial charge in [-0.25, -0.2) is 4.98 Å². The lowest BCUT2D eigenvalue weighted by Crippen LogP contribution is -2.20. The van der Waals surface area contributed by atoms with Crippen molar-refractivity contribution in [3.05, 3.63) is 18.3 Å². The zero-order valence-electron chi connectivity index (χ0n) is 9.95. The lowest BCUT2D eigenvalue weighted by molar-refractivity contribution is -0.114. The maximum absolute atomic E-state index is 10.8. The van der Waals surface area contributed by atoms with Crippen LogP contribution >= 0.6 is 0 Å². The van der Waals surface area contributed by atoms with E-state index in [-0.39, 0.29) is 5.91 Å². The van der Waals surface area contributed by atoms with Gasteiger partial charge in [-0.3, -0.25) is 4.79 Å². The molecule has 0 atom stereocenters. The first-order valence-corrected chi connectivity index (χ1v) is 5.20. The molecule has 88 valence electrons. The predicted octanol–water partition coefficient (Wildman–Crippen LogP) is 1.01. The number of hydrogen-bond donors (Lipinski definition) is 2. The predicted molar refractivity (Wildman–Crippen MR) is 65.6 cm³/mol. The van der Waals surface area contributed by atoms with E-state index in [0.717, 1.165) is 18.8 Å². The van der Waals surface area contributed by atoms with Gasteiger partial charge in [-0.1, -0.05) is 0 Å². The zero-order chi connectivity index (χ0) is 12.0. The molecule has 16 heavy (non-hydrogen) atoms. The number of likely N-dealkylation sites (N-methyl/N-ethyl adjacent to an activating group) is 1. The van der Waals surface area contributed by atoms with E-state index < -0.39 is 0 Å². The van der Waals surface area contributed by atoms with Gasteiger partial charge in [-0.05, 0) is 26.2 Å². The fourth-order valence-electron chi connectivity index (χ4n) is 1.18. The van der Waals surface area contributed by atoms with Crippen molar-refractivity contribution < 1.29 is 4.79 Å². The molecular formula is C11H18N4O. The number of rotatable bonds is 5. The molecule has 0 unspecified atom stereocenters. The Hall–Kier alpha value is -1.62. The summed E-state index contributed by atoms with van der Waals surface area (Å²) in [7, 11) is 4.06. The molecule has 1 heterocycles. The number of carbonyl (C=O) groups excluding carboxylic acids is 1. The first-order chi connectivity index (χ1) is 7.58. The summed E-state index contributed by atoms with van der Waals surface area (Å²) in [5.74, 6) is 0.464. The largest absolute Gasteiger partial charge is 0.383 e. The summed E-state index contributed by atoms with van der Waals surface area (Å²) in [6.45, 7) is 3.30. The molecule has 0 bridgehead atoms. The van der Waals surface area contributed by atoms with Crippen LogP contribution in [0.2, 0.25) is 0 Å². The Morgan fingerprint density at radius 2 is 2.19 bits per heavy atom. The highest BCUT2D eigenvalue weighted by atomic mass is 16.1. The van der Waals surface area contributed by atoms with Crippen molar-refractivity contribution in [3.8, 4) is 0 Å². The first-order valence-electron chi connectivity index (χ1n) is 5.20. The summed E-state index contributed by atoms with van der Waals surface area (Å²) >= 11 is 0. The molecule has 5 heteroatoms. The summed E-state index contributed by atoms with van der Waals surface area (Å²) in [5, 5.41) is 5.86. The van der Waals surface area contributed by atoms with Crippen molar-refractivity contribution in [3.63, 3.8) is 0 Å².